The fourth-order valence-corrected chi connectivity index (χ4v) is 12.7. The lowest BCUT2D eigenvalue weighted by Crippen LogP contribution is -2.68. The van der Waals surface area contributed by atoms with Gasteiger partial charge in [0.2, 0.25) is 0 Å². The fraction of sp³-hybridized carbons (Fsp3) is 0.722. The van der Waals surface area contributed by atoms with Crippen molar-refractivity contribution < 1.29 is 128 Å². The summed E-state index contributed by atoms with van der Waals surface area (Å²) < 4.78 is 126. The van der Waals surface area contributed by atoms with Gasteiger partial charge in [-0.05, 0) is 68.5 Å². The Labute approximate surface area is 496 Å². The predicted octanol–water partition coefficient (Wildman–Crippen LogP) is 3.90. The van der Waals surface area contributed by atoms with Crippen molar-refractivity contribution in [1.29, 1.82) is 0 Å². The smallest absolute Gasteiger partial charge is 0.303 e. The van der Waals surface area contributed by atoms with Gasteiger partial charge in [0.25, 0.3) is 0 Å². The van der Waals surface area contributed by atoms with Crippen molar-refractivity contribution in [2.75, 3.05) is 32.2 Å². The molecule has 20 atom stereocenters. The minimum atomic E-state index is -1.92. The van der Waals surface area contributed by atoms with Gasteiger partial charge in [-0.2, -0.15) is 0 Å². The van der Waals surface area contributed by atoms with Gasteiger partial charge in [-0.3, -0.25) is 33.6 Å². The first-order chi connectivity index (χ1) is 39.8. The number of esters is 7. The van der Waals surface area contributed by atoms with E-state index in [1.54, 1.807) is 51.6 Å². The van der Waals surface area contributed by atoms with Gasteiger partial charge in [0, 0.05) is 48.5 Å². The topological polar surface area (TPSA) is 304 Å². The number of thioether (sulfide) groups is 1. The molecule has 0 spiro atoms. The molecule has 0 unspecified atom stereocenters. The molecule has 8 rings (SSSR count). The van der Waals surface area contributed by atoms with Gasteiger partial charge in [-0.15, -0.1) is 34.4 Å². The average Bonchev–Trinajstić information content (AvgIpc) is 1.93. The van der Waals surface area contributed by atoms with Crippen molar-refractivity contribution in [2.45, 2.75) is 217 Å². The number of ether oxygens (including phenoxy) is 20. The number of rotatable bonds is 23. The van der Waals surface area contributed by atoms with Crippen molar-refractivity contribution in [2.24, 2.45) is 0 Å². The molecule has 0 radical (unpaired) electrons. The molecule has 30 heteroatoms. The van der Waals surface area contributed by atoms with Crippen LogP contribution in [0.5, 0.6) is 10.1 Å². The Morgan fingerprint density at radius 3 is 1.26 bits per heavy atom. The molecule has 27 nitrogen and oxygen atoms in total. The third kappa shape index (κ3) is 16.6. The molecule has 2 aromatic rings. The maximum atomic E-state index is 13.4. The Morgan fingerprint density at radius 2 is 0.810 bits per heavy atom. The normalized spacial score (nSPS) is 35.7. The molecule has 0 bridgehead atoms. The molecule has 84 heavy (non-hydrogen) atoms. The summed E-state index contributed by atoms with van der Waals surface area (Å²) >= 11 is 4.27. The summed E-state index contributed by atoms with van der Waals surface area (Å²) in [5.74, 6) is -7.95. The van der Waals surface area contributed by atoms with Crippen molar-refractivity contribution >= 4 is 76.2 Å². The van der Waals surface area contributed by atoms with Crippen LogP contribution in [0.1, 0.15) is 83.1 Å². The van der Waals surface area contributed by atoms with Gasteiger partial charge < -0.3 is 94.7 Å². The summed E-state index contributed by atoms with van der Waals surface area (Å²) in [6, 6.07) is 7.24. The van der Waals surface area contributed by atoms with E-state index < -0.39 is 189 Å². The summed E-state index contributed by atoms with van der Waals surface area (Å²) in [4.78, 5) is 89.7. The number of hydrogen-bond donors (Lipinski definition) is 0. The molecule has 6 aliphatic heterocycles. The molecule has 0 N–H and O–H groups in total. The van der Waals surface area contributed by atoms with Gasteiger partial charge in [0.05, 0.1) is 0 Å². The minimum Gasteiger partial charge on any atom is -0.481 e. The molecule has 8 heterocycles. The number of thiophene rings is 2. The first kappa shape index (κ1) is 65.2. The molecule has 0 aliphatic carbocycles. The van der Waals surface area contributed by atoms with Crippen molar-refractivity contribution in [3.63, 3.8) is 0 Å². The first-order valence-corrected chi connectivity index (χ1v) is 30.0. The largest absolute Gasteiger partial charge is 0.481 e. The van der Waals surface area contributed by atoms with Crippen LogP contribution in [0.3, 0.4) is 0 Å². The highest BCUT2D eigenvalue weighted by Crippen LogP contribution is 2.46. The molecule has 468 valence electrons. The Hall–Kier alpha value is -4.80. The van der Waals surface area contributed by atoms with Crippen molar-refractivity contribution in [3.05, 3.63) is 35.0 Å². The average molecular weight is 1250 g/mol. The molecule has 6 fully saturated rings. The molecule has 2 aromatic heterocycles. The summed E-state index contributed by atoms with van der Waals surface area (Å²) in [5, 5.41) is 4.86. The Morgan fingerprint density at radius 1 is 0.440 bits per heavy atom. The molecule has 0 amide bonds. The Balaban J connectivity index is 1.17. The van der Waals surface area contributed by atoms with Crippen molar-refractivity contribution in [1.82, 2.24) is 0 Å². The fourth-order valence-electron chi connectivity index (χ4n) is 10.6. The zero-order valence-corrected chi connectivity index (χ0v) is 50.7. The number of fused-ring (bicyclic) bond motifs is 2. The zero-order valence-electron chi connectivity index (χ0n) is 48.3. The second-order valence-electron chi connectivity index (χ2n) is 21.0. The third-order valence-corrected chi connectivity index (χ3v) is 16.0. The van der Waals surface area contributed by atoms with E-state index >= 15 is 0 Å². The van der Waals surface area contributed by atoms with Crippen LogP contribution in [0.25, 0.3) is 0 Å². The van der Waals surface area contributed by atoms with Crippen LogP contribution >= 0.6 is 34.4 Å². The molecular weight excluding hydrogens is 1180 g/mol. The second kappa shape index (κ2) is 28.4. The van der Waals surface area contributed by atoms with Gasteiger partial charge in [-0.1, -0.05) is 6.92 Å². The zero-order chi connectivity index (χ0) is 60.8. The highest BCUT2D eigenvalue weighted by Gasteiger charge is 2.64. The van der Waals surface area contributed by atoms with E-state index in [9.17, 15) is 33.6 Å². The summed E-state index contributed by atoms with van der Waals surface area (Å²) in [5.41, 5.74) is -0.466. The number of hydrogen-bond acceptors (Lipinski definition) is 30. The van der Waals surface area contributed by atoms with Gasteiger partial charge in [-0.25, -0.2) is 0 Å². The SMILES string of the molecule is CCS[C@@H]1O[C@H](COc2cccs2)[C@@H](O[C@@H]2O[C@H](COc3cccs3)[C@@H](O[C@@H]3O[C@H](COC(C)=O)[C@@H](O[C@@H]4O[C@H](COC(C)=O)[C@@H](OC(C)=O)[C@H](OC(C)=O)[C@H]4OC(C)=O)[C@H](OC(C)=O)[C@H]3OC(C)=O)[C@@H]3OC(C)(C)O[C@@H]23)[C@@H]2OC(C)(C)O[C@H]21. The monoisotopic (exact) mass is 1250 g/mol. The van der Waals surface area contributed by atoms with Crippen LogP contribution < -0.4 is 9.47 Å². The predicted molar refractivity (Wildman–Crippen MR) is 286 cm³/mol. The molecule has 6 saturated heterocycles. The quantitative estimate of drug-likeness (QED) is 0.112. The van der Waals surface area contributed by atoms with E-state index in [4.69, 9.17) is 94.7 Å². The third-order valence-electron chi connectivity index (χ3n) is 13.4. The van der Waals surface area contributed by atoms with Gasteiger partial charge in [0.15, 0.2) is 71.1 Å². The maximum absolute atomic E-state index is 13.4. The summed E-state index contributed by atoms with van der Waals surface area (Å²) in [7, 11) is 0. The molecule has 0 saturated carbocycles. The lowest BCUT2D eigenvalue weighted by Gasteiger charge is -2.50. The lowest BCUT2D eigenvalue weighted by atomic mass is 9.95. The summed E-state index contributed by atoms with van der Waals surface area (Å²) in [6.45, 7) is 14.9. The van der Waals surface area contributed by atoms with Crippen LogP contribution in [0.2, 0.25) is 0 Å². The first-order valence-electron chi connectivity index (χ1n) is 27.1. The van der Waals surface area contributed by atoms with Crippen LogP contribution in [-0.4, -0.2) is 208 Å². The Bertz CT molecular complexity index is 2560. The highest BCUT2D eigenvalue weighted by atomic mass is 32.2. The van der Waals surface area contributed by atoms with Crippen LogP contribution in [0.4, 0.5) is 0 Å². The molecular formula is C54H72O27S3. The Kier molecular flexibility index (Phi) is 22.0. The van der Waals surface area contributed by atoms with E-state index in [0.717, 1.165) is 48.5 Å². The van der Waals surface area contributed by atoms with E-state index in [1.165, 1.54) is 22.7 Å². The van der Waals surface area contributed by atoms with Crippen LogP contribution in [0, 0.1) is 0 Å². The van der Waals surface area contributed by atoms with E-state index in [0.29, 0.717) is 15.9 Å². The lowest BCUT2D eigenvalue weighted by molar-refractivity contribution is -0.378. The number of carbonyl (C=O) groups excluding carboxylic acids is 7. The standard InChI is InChI=1S/C54H72O27S3/c1-13-82-52-48-44(79-54(11,12)81-48)40(34(74-52)23-65-36-17-15-19-84-36)77-51-47-43(78-53(9,10)80-47)39(33(73-51)22-64-35-16-14-18-83-35)76-50-46(70-30(8)61)42(68-28(6)59)38(32(72-50)21-63-25(3)56)75-49-45(69-29(7)60)41(67-27(5)58)37(66-26(4)57)31(71-49)20-62-24(2)55/h14-19,31-34,37-52H,13,20-23H2,1-12H3/t31-,32-,33-,34-,37-,38-,39-,40-,41+,42+,43+,44+,45-,46-,47-,48-,49+,50+,51+,52+/m1/s1. The van der Waals surface area contributed by atoms with Gasteiger partial charge >= 0.3 is 41.8 Å². The maximum Gasteiger partial charge on any atom is 0.303 e. The van der Waals surface area contributed by atoms with Crippen LogP contribution in [0.15, 0.2) is 35.0 Å². The van der Waals surface area contributed by atoms with E-state index in [2.05, 4.69) is 0 Å². The van der Waals surface area contributed by atoms with E-state index in [1.807, 2.05) is 29.8 Å². The molecule has 0 aromatic carbocycles. The molecule has 6 aliphatic rings. The van der Waals surface area contributed by atoms with Gasteiger partial charge in [0.1, 0.15) is 99.0 Å². The highest BCUT2D eigenvalue weighted by molar-refractivity contribution is 7.99. The van der Waals surface area contributed by atoms with Crippen molar-refractivity contribution in [3.8, 4) is 10.1 Å². The van der Waals surface area contributed by atoms with Crippen LogP contribution in [-0.2, 0) is 119 Å². The minimum absolute atomic E-state index is 0.0479. The van der Waals surface area contributed by atoms with E-state index in [-0.39, 0.29) is 13.2 Å². The second-order valence-corrected chi connectivity index (χ2v) is 24.2. The number of carbonyl (C=O) groups is 7. The summed E-state index contributed by atoms with van der Waals surface area (Å²) in [6.07, 6.45) is -26.3.